The molecule has 0 aliphatic heterocycles. The van der Waals surface area contributed by atoms with E-state index < -0.39 is 6.10 Å². The highest BCUT2D eigenvalue weighted by Crippen LogP contribution is 2.20. The van der Waals surface area contributed by atoms with Crippen molar-refractivity contribution in [1.82, 2.24) is 9.78 Å². The van der Waals surface area contributed by atoms with Gasteiger partial charge in [-0.3, -0.25) is 4.68 Å². The first-order chi connectivity index (χ1) is 8.69. The number of aryl methyl sites for hydroxylation is 1. The lowest BCUT2D eigenvalue weighted by Crippen LogP contribution is -1.97. The molecule has 0 saturated carbocycles. The van der Waals surface area contributed by atoms with E-state index in [9.17, 15) is 5.11 Å². The number of hydrogen-bond donors (Lipinski definition) is 1. The van der Waals surface area contributed by atoms with E-state index >= 15 is 0 Å². The van der Waals surface area contributed by atoms with Crippen LogP contribution in [0.3, 0.4) is 0 Å². The molecule has 2 aromatic rings. The summed E-state index contributed by atoms with van der Waals surface area (Å²) >= 11 is 0. The topological polar surface area (TPSA) is 47.3 Å². The molecule has 1 aromatic carbocycles. The van der Waals surface area contributed by atoms with Crippen LogP contribution < -0.4 is 4.74 Å². The summed E-state index contributed by atoms with van der Waals surface area (Å²) in [5.41, 5.74) is 1.96. The molecule has 4 heteroatoms. The summed E-state index contributed by atoms with van der Waals surface area (Å²) in [6, 6.07) is 7.55. The summed E-state index contributed by atoms with van der Waals surface area (Å²) in [4.78, 5) is 0. The number of aliphatic hydroxyl groups excluding tert-OH is 1. The maximum absolute atomic E-state index is 9.68. The molecule has 0 amide bonds. The van der Waals surface area contributed by atoms with Gasteiger partial charge in [0.25, 0.3) is 0 Å². The lowest BCUT2D eigenvalue weighted by molar-refractivity contribution is 0.173. The molecular weight excluding hydrogens is 228 g/mol. The number of benzene rings is 1. The van der Waals surface area contributed by atoms with Gasteiger partial charge in [-0.05, 0) is 24.1 Å². The molecule has 0 saturated heterocycles. The van der Waals surface area contributed by atoms with Crippen LogP contribution in [0.15, 0.2) is 36.7 Å². The standard InChI is InChI=1S/C14H18N2O2/c1-3-14(17)12-4-6-13(7-5-12)18-10-11-8-15-16(2)9-11/h4-9,14,17H,3,10H2,1-2H3/t14-/m1/s1. The minimum atomic E-state index is -0.391. The van der Waals surface area contributed by atoms with E-state index in [2.05, 4.69) is 5.10 Å². The Bertz CT molecular complexity index is 491. The van der Waals surface area contributed by atoms with E-state index in [4.69, 9.17) is 4.74 Å². The second kappa shape index (κ2) is 5.69. The van der Waals surface area contributed by atoms with Gasteiger partial charge in [-0.1, -0.05) is 19.1 Å². The number of nitrogens with zero attached hydrogens (tertiary/aromatic N) is 2. The molecule has 1 heterocycles. The molecule has 0 aliphatic rings. The lowest BCUT2D eigenvalue weighted by Gasteiger charge is -2.09. The minimum absolute atomic E-state index is 0.391. The van der Waals surface area contributed by atoms with Crippen LogP contribution in [-0.4, -0.2) is 14.9 Å². The fourth-order valence-corrected chi connectivity index (χ4v) is 1.73. The van der Waals surface area contributed by atoms with Crippen molar-refractivity contribution < 1.29 is 9.84 Å². The molecule has 0 aliphatic carbocycles. The predicted octanol–water partition coefficient (Wildman–Crippen LogP) is 2.44. The van der Waals surface area contributed by atoms with Crippen molar-refractivity contribution in [3.05, 3.63) is 47.8 Å². The largest absolute Gasteiger partial charge is 0.489 e. The van der Waals surface area contributed by atoms with Crippen molar-refractivity contribution >= 4 is 0 Å². The highest BCUT2D eigenvalue weighted by molar-refractivity contribution is 5.28. The van der Waals surface area contributed by atoms with Crippen molar-refractivity contribution in [3.8, 4) is 5.75 Å². The molecular formula is C14H18N2O2. The quantitative estimate of drug-likeness (QED) is 0.881. The Balaban J connectivity index is 1.94. The van der Waals surface area contributed by atoms with Crippen LogP contribution in [0.2, 0.25) is 0 Å². The van der Waals surface area contributed by atoms with Gasteiger partial charge in [-0.25, -0.2) is 0 Å². The van der Waals surface area contributed by atoms with Crippen molar-refractivity contribution in [2.24, 2.45) is 7.05 Å². The summed E-state index contributed by atoms with van der Waals surface area (Å²) in [5, 5.41) is 13.8. The molecule has 1 aromatic heterocycles. The van der Waals surface area contributed by atoms with E-state index in [-0.39, 0.29) is 0 Å². The second-order valence-electron chi connectivity index (χ2n) is 4.30. The second-order valence-corrected chi connectivity index (χ2v) is 4.30. The van der Waals surface area contributed by atoms with Crippen LogP contribution in [0.4, 0.5) is 0 Å². The first-order valence-electron chi connectivity index (χ1n) is 6.07. The van der Waals surface area contributed by atoms with E-state index in [0.29, 0.717) is 6.61 Å². The van der Waals surface area contributed by atoms with Crippen molar-refractivity contribution in [2.45, 2.75) is 26.1 Å². The Hall–Kier alpha value is -1.81. The van der Waals surface area contributed by atoms with Gasteiger partial charge in [0, 0.05) is 18.8 Å². The number of rotatable bonds is 5. The Morgan fingerprint density at radius 1 is 1.33 bits per heavy atom. The van der Waals surface area contributed by atoms with Crippen molar-refractivity contribution in [2.75, 3.05) is 0 Å². The first kappa shape index (κ1) is 12.6. The Labute approximate surface area is 107 Å². The van der Waals surface area contributed by atoms with E-state index in [0.717, 1.165) is 23.3 Å². The molecule has 4 nitrogen and oxygen atoms in total. The zero-order valence-corrected chi connectivity index (χ0v) is 10.7. The normalized spacial score (nSPS) is 12.4. The van der Waals surface area contributed by atoms with Gasteiger partial charge >= 0.3 is 0 Å². The Morgan fingerprint density at radius 3 is 2.61 bits per heavy atom. The van der Waals surface area contributed by atoms with Gasteiger partial charge in [-0.15, -0.1) is 0 Å². The Morgan fingerprint density at radius 2 is 2.06 bits per heavy atom. The summed E-state index contributed by atoms with van der Waals surface area (Å²) in [6.07, 6.45) is 4.04. The fourth-order valence-electron chi connectivity index (χ4n) is 1.73. The van der Waals surface area contributed by atoms with Gasteiger partial charge in [0.15, 0.2) is 0 Å². The molecule has 2 rings (SSSR count). The zero-order chi connectivity index (χ0) is 13.0. The maximum Gasteiger partial charge on any atom is 0.119 e. The van der Waals surface area contributed by atoms with Crippen LogP contribution in [0.1, 0.15) is 30.6 Å². The van der Waals surface area contributed by atoms with E-state index in [1.807, 2.05) is 44.4 Å². The third-order valence-corrected chi connectivity index (χ3v) is 2.82. The van der Waals surface area contributed by atoms with Crippen molar-refractivity contribution in [3.63, 3.8) is 0 Å². The monoisotopic (exact) mass is 246 g/mol. The summed E-state index contributed by atoms with van der Waals surface area (Å²) in [7, 11) is 1.88. The zero-order valence-electron chi connectivity index (χ0n) is 10.7. The first-order valence-corrected chi connectivity index (χ1v) is 6.07. The highest BCUT2D eigenvalue weighted by Gasteiger charge is 2.04. The maximum atomic E-state index is 9.68. The molecule has 18 heavy (non-hydrogen) atoms. The number of ether oxygens (including phenoxy) is 1. The molecule has 0 fully saturated rings. The Kier molecular flexibility index (Phi) is 3.99. The fraction of sp³-hybridized carbons (Fsp3) is 0.357. The van der Waals surface area contributed by atoms with Crippen LogP contribution in [0, 0.1) is 0 Å². The van der Waals surface area contributed by atoms with Gasteiger partial charge in [0.05, 0.1) is 12.3 Å². The minimum Gasteiger partial charge on any atom is -0.489 e. The molecule has 96 valence electrons. The van der Waals surface area contributed by atoms with Gasteiger partial charge in [0.1, 0.15) is 12.4 Å². The summed E-state index contributed by atoms with van der Waals surface area (Å²) in [5.74, 6) is 0.797. The van der Waals surface area contributed by atoms with Gasteiger partial charge in [0.2, 0.25) is 0 Å². The summed E-state index contributed by atoms with van der Waals surface area (Å²) < 4.78 is 7.39. The molecule has 1 N–H and O–H groups in total. The molecule has 0 radical (unpaired) electrons. The summed E-state index contributed by atoms with van der Waals surface area (Å²) in [6.45, 7) is 2.46. The average molecular weight is 246 g/mol. The molecule has 0 unspecified atom stereocenters. The van der Waals surface area contributed by atoms with Crippen LogP contribution in [-0.2, 0) is 13.7 Å². The highest BCUT2D eigenvalue weighted by atomic mass is 16.5. The van der Waals surface area contributed by atoms with Gasteiger partial charge in [-0.2, -0.15) is 5.10 Å². The lowest BCUT2D eigenvalue weighted by atomic mass is 10.1. The van der Waals surface area contributed by atoms with Crippen molar-refractivity contribution in [1.29, 1.82) is 0 Å². The third kappa shape index (κ3) is 3.11. The molecule has 0 spiro atoms. The molecule has 0 bridgehead atoms. The van der Waals surface area contributed by atoms with Crippen LogP contribution in [0.5, 0.6) is 5.75 Å². The van der Waals surface area contributed by atoms with E-state index in [1.54, 1.807) is 10.9 Å². The predicted molar refractivity (Wildman–Crippen MR) is 69.2 cm³/mol. The van der Waals surface area contributed by atoms with Crippen LogP contribution in [0.25, 0.3) is 0 Å². The van der Waals surface area contributed by atoms with Crippen LogP contribution >= 0.6 is 0 Å². The molecule has 1 atom stereocenters. The third-order valence-electron chi connectivity index (χ3n) is 2.82. The number of aromatic nitrogens is 2. The average Bonchev–Trinajstić information content (AvgIpc) is 2.82. The number of aliphatic hydroxyl groups is 1. The van der Waals surface area contributed by atoms with E-state index in [1.165, 1.54) is 0 Å². The number of hydrogen-bond acceptors (Lipinski definition) is 3. The SMILES string of the molecule is CC[C@@H](O)c1ccc(OCc2cnn(C)c2)cc1. The van der Waals surface area contributed by atoms with Gasteiger partial charge < -0.3 is 9.84 Å². The smallest absolute Gasteiger partial charge is 0.119 e.